The van der Waals surface area contributed by atoms with Crippen LogP contribution in [0.3, 0.4) is 0 Å². The smallest absolute Gasteiger partial charge is 0.244 e. The van der Waals surface area contributed by atoms with E-state index in [0.717, 1.165) is 0 Å². The first-order valence-electron chi connectivity index (χ1n) is 6.45. The van der Waals surface area contributed by atoms with Crippen molar-refractivity contribution in [2.75, 3.05) is 25.0 Å². The van der Waals surface area contributed by atoms with E-state index in [1.807, 2.05) is 6.07 Å². The molecule has 1 aliphatic heterocycles. The normalized spacial score (nSPS) is 19.7. The lowest BCUT2D eigenvalue weighted by atomic mass is 10.3. The maximum Gasteiger partial charge on any atom is 0.244 e. The molecule has 1 amide bonds. The van der Waals surface area contributed by atoms with Crippen molar-refractivity contribution >= 4 is 21.6 Å². The van der Waals surface area contributed by atoms with E-state index >= 15 is 0 Å². The van der Waals surface area contributed by atoms with Crippen LogP contribution >= 0.6 is 0 Å². The van der Waals surface area contributed by atoms with Crippen molar-refractivity contribution in [1.29, 1.82) is 5.26 Å². The summed E-state index contributed by atoms with van der Waals surface area (Å²) >= 11 is 0. The molecule has 0 aliphatic carbocycles. The highest BCUT2D eigenvalue weighted by Gasteiger charge is 2.33. The lowest BCUT2D eigenvalue weighted by Crippen LogP contribution is -2.52. The third kappa shape index (κ3) is 3.39. The van der Waals surface area contributed by atoms with Gasteiger partial charge in [-0.2, -0.15) is 9.57 Å². The molecule has 7 nitrogen and oxygen atoms in total. The van der Waals surface area contributed by atoms with Crippen LogP contribution in [0.5, 0.6) is 0 Å². The zero-order valence-corrected chi connectivity index (χ0v) is 12.4. The van der Waals surface area contributed by atoms with Crippen LogP contribution in [0.25, 0.3) is 0 Å². The Morgan fingerprint density at radius 2 is 2.10 bits per heavy atom. The van der Waals surface area contributed by atoms with Crippen LogP contribution in [0.2, 0.25) is 0 Å². The van der Waals surface area contributed by atoms with Crippen molar-refractivity contribution < 1.29 is 13.2 Å². The molecule has 8 heteroatoms. The van der Waals surface area contributed by atoms with Gasteiger partial charge in [0.05, 0.1) is 11.0 Å². The van der Waals surface area contributed by atoms with E-state index in [2.05, 4.69) is 10.6 Å². The fourth-order valence-corrected chi connectivity index (χ4v) is 3.67. The van der Waals surface area contributed by atoms with Gasteiger partial charge in [0.25, 0.3) is 0 Å². The maximum absolute atomic E-state index is 12.5. The number of nitrogens with one attached hydrogen (secondary N) is 2. The second kappa shape index (κ2) is 6.22. The van der Waals surface area contributed by atoms with Gasteiger partial charge in [0.1, 0.15) is 6.04 Å². The molecule has 1 unspecified atom stereocenters. The molecule has 0 radical (unpaired) electrons. The number of amides is 1. The molecule has 21 heavy (non-hydrogen) atoms. The highest BCUT2D eigenvalue weighted by Crippen LogP contribution is 2.21. The Hall–Kier alpha value is -1.95. The summed E-state index contributed by atoms with van der Waals surface area (Å²) in [5.74, 6) is -0.225. The van der Waals surface area contributed by atoms with Gasteiger partial charge in [0.2, 0.25) is 15.9 Å². The van der Waals surface area contributed by atoms with Crippen molar-refractivity contribution in [3.05, 3.63) is 24.3 Å². The first kappa shape index (κ1) is 15.4. The fraction of sp³-hybridized carbons (Fsp3) is 0.385. The summed E-state index contributed by atoms with van der Waals surface area (Å²) in [4.78, 5) is 11.1. The molecule has 1 aromatic rings. The maximum atomic E-state index is 12.5. The lowest BCUT2D eigenvalue weighted by Gasteiger charge is -2.30. The van der Waals surface area contributed by atoms with Gasteiger partial charge in [-0.05, 0) is 24.3 Å². The third-order valence-electron chi connectivity index (χ3n) is 3.12. The Kier molecular flexibility index (Phi) is 4.57. The summed E-state index contributed by atoms with van der Waals surface area (Å²) in [6.45, 7) is 2.47. The summed E-state index contributed by atoms with van der Waals surface area (Å²) in [6.07, 6.45) is 0. The van der Waals surface area contributed by atoms with Gasteiger partial charge in [0.15, 0.2) is 0 Å². The van der Waals surface area contributed by atoms with E-state index in [-0.39, 0.29) is 17.3 Å². The minimum atomic E-state index is -3.71. The van der Waals surface area contributed by atoms with Crippen molar-refractivity contribution in [2.45, 2.75) is 17.9 Å². The van der Waals surface area contributed by atoms with Crippen molar-refractivity contribution in [3.63, 3.8) is 0 Å². The second-order valence-electron chi connectivity index (χ2n) is 4.67. The molecule has 0 aromatic heterocycles. The van der Waals surface area contributed by atoms with Crippen LogP contribution in [0.4, 0.5) is 5.69 Å². The van der Waals surface area contributed by atoms with E-state index in [9.17, 15) is 13.2 Å². The van der Waals surface area contributed by atoms with E-state index in [0.29, 0.717) is 18.8 Å². The average Bonchev–Trinajstić information content (AvgIpc) is 2.47. The number of hydrogen-bond acceptors (Lipinski definition) is 5. The summed E-state index contributed by atoms with van der Waals surface area (Å²) in [5.41, 5.74) is 0.526. The number of anilines is 1. The molecule has 1 fully saturated rings. The summed E-state index contributed by atoms with van der Waals surface area (Å²) < 4.78 is 26.3. The molecular formula is C13H16N4O3S. The molecule has 1 saturated heterocycles. The lowest BCUT2D eigenvalue weighted by molar-refractivity contribution is -0.114. The van der Waals surface area contributed by atoms with Gasteiger partial charge in [-0.1, -0.05) is 0 Å². The zero-order chi connectivity index (χ0) is 15.5. The predicted octanol–water partition coefficient (Wildman–Crippen LogP) is 0.131. The molecule has 2 N–H and O–H groups in total. The third-order valence-corrected chi connectivity index (χ3v) is 5.05. The number of rotatable bonds is 3. The predicted molar refractivity (Wildman–Crippen MR) is 76.9 cm³/mol. The molecule has 1 heterocycles. The van der Waals surface area contributed by atoms with Crippen LogP contribution < -0.4 is 10.6 Å². The number of hydrogen-bond donors (Lipinski definition) is 2. The largest absolute Gasteiger partial charge is 0.326 e. The number of nitriles is 1. The second-order valence-corrected chi connectivity index (χ2v) is 6.56. The molecule has 1 aromatic carbocycles. The van der Waals surface area contributed by atoms with Gasteiger partial charge in [-0.3, -0.25) is 4.79 Å². The van der Waals surface area contributed by atoms with E-state index in [1.54, 1.807) is 0 Å². The van der Waals surface area contributed by atoms with Crippen LogP contribution in [-0.2, 0) is 14.8 Å². The van der Waals surface area contributed by atoms with Gasteiger partial charge < -0.3 is 10.6 Å². The molecule has 1 aliphatic rings. The Labute approximate surface area is 123 Å². The van der Waals surface area contributed by atoms with Gasteiger partial charge >= 0.3 is 0 Å². The molecule has 0 bridgehead atoms. The Morgan fingerprint density at radius 1 is 1.43 bits per heavy atom. The van der Waals surface area contributed by atoms with E-state index < -0.39 is 16.1 Å². The van der Waals surface area contributed by atoms with Gasteiger partial charge in [-0.15, -0.1) is 0 Å². The molecule has 2 rings (SSSR count). The first-order chi connectivity index (χ1) is 9.95. The Balaban J connectivity index is 2.26. The van der Waals surface area contributed by atoms with Crippen LogP contribution in [-0.4, -0.2) is 44.3 Å². The Bertz CT molecular complexity index is 664. The molecular weight excluding hydrogens is 292 g/mol. The minimum absolute atomic E-state index is 0.110. The van der Waals surface area contributed by atoms with Crippen LogP contribution in [0.1, 0.15) is 6.92 Å². The number of benzene rings is 1. The minimum Gasteiger partial charge on any atom is -0.326 e. The topological polar surface area (TPSA) is 102 Å². The Morgan fingerprint density at radius 3 is 2.67 bits per heavy atom. The van der Waals surface area contributed by atoms with E-state index in [4.69, 9.17) is 5.26 Å². The summed E-state index contributed by atoms with van der Waals surface area (Å²) in [6, 6.07) is 7.19. The fourth-order valence-electron chi connectivity index (χ4n) is 2.13. The van der Waals surface area contributed by atoms with Gasteiger partial charge in [0, 0.05) is 32.2 Å². The molecule has 0 saturated carbocycles. The van der Waals surface area contributed by atoms with Crippen LogP contribution in [0, 0.1) is 11.3 Å². The zero-order valence-electron chi connectivity index (χ0n) is 11.5. The SMILES string of the molecule is CC(=O)Nc1ccc(S(=O)(=O)N2CCNCC2C#N)cc1. The van der Waals surface area contributed by atoms with Crippen LogP contribution in [0.15, 0.2) is 29.2 Å². The quantitative estimate of drug-likeness (QED) is 0.826. The van der Waals surface area contributed by atoms with Gasteiger partial charge in [-0.25, -0.2) is 8.42 Å². The number of sulfonamides is 1. The summed E-state index contributed by atoms with van der Waals surface area (Å²) in [5, 5.41) is 14.6. The van der Waals surface area contributed by atoms with Crippen molar-refractivity contribution in [3.8, 4) is 6.07 Å². The number of carbonyl (C=O) groups is 1. The highest BCUT2D eigenvalue weighted by molar-refractivity contribution is 7.89. The number of carbonyl (C=O) groups excluding carboxylic acids is 1. The molecule has 0 spiro atoms. The number of nitrogens with zero attached hydrogens (tertiary/aromatic N) is 2. The van der Waals surface area contributed by atoms with Crippen molar-refractivity contribution in [1.82, 2.24) is 9.62 Å². The average molecular weight is 308 g/mol. The standard InChI is InChI=1S/C13H16N4O3S/c1-10(18)16-11-2-4-13(5-3-11)21(19,20)17-7-6-15-9-12(17)8-14/h2-5,12,15H,6-7,9H2,1H3,(H,16,18). The first-order valence-corrected chi connectivity index (χ1v) is 7.89. The molecule has 112 valence electrons. The molecule has 1 atom stereocenters. The number of piperazine rings is 1. The van der Waals surface area contributed by atoms with Crippen molar-refractivity contribution in [2.24, 2.45) is 0 Å². The summed E-state index contributed by atoms with van der Waals surface area (Å²) in [7, 11) is -3.71. The highest BCUT2D eigenvalue weighted by atomic mass is 32.2. The van der Waals surface area contributed by atoms with E-state index in [1.165, 1.54) is 35.5 Å². The monoisotopic (exact) mass is 308 g/mol.